The van der Waals surface area contributed by atoms with Gasteiger partial charge in [0.1, 0.15) is 5.76 Å². The lowest BCUT2D eigenvalue weighted by Crippen LogP contribution is -2.23. The van der Waals surface area contributed by atoms with Crippen LogP contribution in [0.5, 0.6) is 0 Å². The topological polar surface area (TPSA) is 49.6 Å². The van der Waals surface area contributed by atoms with Crippen LogP contribution in [0.1, 0.15) is 5.76 Å². The summed E-state index contributed by atoms with van der Waals surface area (Å²) in [4.78, 5) is 0. The Balaban J connectivity index is 1.91. The second-order valence-electron chi connectivity index (χ2n) is 3.46. The molecule has 2 aromatic rings. The summed E-state index contributed by atoms with van der Waals surface area (Å²) in [6.45, 7) is 0. The molecule has 98 valence electrons. The number of hydrogen-bond donors (Lipinski definition) is 2. The van der Waals surface area contributed by atoms with Crippen molar-refractivity contribution in [1.29, 1.82) is 0 Å². The molecular weight excluding hydrogens is 305 g/mol. The van der Waals surface area contributed by atoms with Crippen LogP contribution in [0, 0.1) is 0 Å². The van der Waals surface area contributed by atoms with Crippen molar-refractivity contribution in [3.63, 3.8) is 0 Å². The Morgan fingerprint density at radius 2 is 2.16 bits per heavy atom. The molecule has 0 spiro atoms. The Hall–Kier alpha value is -1.56. The van der Waals surface area contributed by atoms with Gasteiger partial charge in [-0.15, -0.1) is 0 Å². The van der Waals surface area contributed by atoms with Gasteiger partial charge in [-0.25, -0.2) is 0 Å². The Labute approximate surface area is 125 Å². The Morgan fingerprint density at radius 1 is 1.32 bits per heavy atom. The Morgan fingerprint density at radius 3 is 2.84 bits per heavy atom. The number of thiocarbonyl (C=S) groups is 1. The van der Waals surface area contributed by atoms with E-state index in [1.165, 1.54) is 6.21 Å². The van der Waals surface area contributed by atoms with E-state index in [0.29, 0.717) is 26.6 Å². The van der Waals surface area contributed by atoms with Crippen LogP contribution in [-0.4, -0.2) is 11.3 Å². The van der Waals surface area contributed by atoms with E-state index in [4.69, 9.17) is 39.8 Å². The summed E-state index contributed by atoms with van der Waals surface area (Å²) in [5, 5.41) is 8.17. The number of anilines is 1. The van der Waals surface area contributed by atoms with Crippen LogP contribution in [0.15, 0.2) is 46.1 Å². The molecule has 0 amide bonds. The van der Waals surface area contributed by atoms with Crippen LogP contribution in [0.4, 0.5) is 5.69 Å². The van der Waals surface area contributed by atoms with Gasteiger partial charge in [0.2, 0.25) is 0 Å². The third-order valence-electron chi connectivity index (χ3n) is 2.08. The maximum absolute atomic E-state index is 6.00. The predicted molar refractivity (Wildman–Crippen MR) is 82.1 cm³/mol. The second-order valence-corrected chi connectivity index (χ2v) is 4.72. The highest BCUT2D eigenvalue weighted by atomic mass is 35.5. The van der Waals surface area contributed by atoms with Crippen molar-refractivity contribution in [3.05, 3.63) is 52.4 Å². The first-order valence-electron chi connectivity index (χ1n) is 5.24. The van der Waals surface area contributed by atoms with Gasteiger partial charge in [-0.05, 0) is 42.5 Å². The second kappa shape index (κ2) is 6.56. The molecule has 2 N–H and O–H groups in total. The summed E-state index contributed by atoms with van der Waals surface area (Å²) < 4.78 is 5.08. The van der Waals surface area contributed by atoms with Crippen LogP contribution in [0.2, 0.25) is 10.0 Å². The summed E-state index contributed by atoms with van der Waals surface area (Å²) in [6.07, 6.45) is 3.07. The molecule has 0 aliphatic heterocycles. The third-order valence-corrected chi connectivity index (χ3v) is 2.82. The van der Waals surface area contributed by atoms with Crippen molar-refractivity contribution >= 4 is 52.4 Å². The van der Waals surface area contributed by atoms with E-state index < -0.39 is 0 Å². The van der Waals surface area contributed by atoms with Gasteiger partial charge in [-0.3, -0.25) is 5.43 Å². The Kier molecular flexibility index (Phi) is 4.79. The van der Waals surface area contributed by atoms with E-state index >= 15 is 0 Å². The van der Waals surface area contributed by atoms with Gasteiger partial charge in [0.15, 0.2) is 5.11 Å². The summed E-state index contributed by atoms with van der Waals surface area (Å²) in [6, 6.07) is 8.61. The SMILES string of the molecule is S=C(NN=Cc1ccco1)Nc1ccc(Cl)cc1Cl. The molecule has 0 saturated carbocycles. The van der Waals surface area contributed by atoms with Crippen molar-refractivity contribution in [2.45, 2.75) is 0 Å². The molecule has 19 heavy (non-hydrogen) atoms. The van der Waals surface area contributed by atoms with Gasteiger partial charge in [0, 0.05) is 5.02 Å². The molecule has 0 fully saturated rings. The monoisotopic (exact) mass is 313 g/mol. The number of nitrogens with zero attached hydrogens (tertiary/aromatic N) is 1. The summed E-state index contributed by atoms with van der Waals surface area (Å²) in [7, 11) is 0. The minimum Gasteiger partial charge on any atom is -0.463 e. The van der Waals surface area contributed by atoms with E-state index in [0.717, 1.165) is 0 Å². The van der Waals surface area contributed by atoms with Gasteiger partial charge in [-0.1, -0.05) is 23.2 Å². The molecule has 0 bridgehead atoms. The van der Waals surface area contributed by atoms with Gasteiger partial charge < -0.3 is 9.73 Å². The molecule has 1 aromatic carbocycles. The molecule has 0 aliphatic carbocycles. The zero-order valence-corrected chi connectivity index (χ0v) is 11.9. The van der Waals surface area contributed by atoms with Gasteiger partial charge >= 0.3 is 0 Å². The maximum atomic E-state index is 6.00. The van der Waals surface area contributed by atoms with Crippen LogP contribution in [0.25, 0.3) is 0 Å². The quantitative estimate of drug-likeness (QED) is 0.512. The number of hydrazone groups is 1. The standard InChI is InChI=1S/C12H9Cl2N3OS/c13-8-3-4-11(10(14)6-8)16-12(19)17-15-7-9-2-1-5-18-9/h1-7H,(H2,16,17,19). The number of benzene rings is 1. The van der Waals surface area contributed by atoms with E-state index in [9.17, 15) is 0 Å². The molecule has 0 saturated heterocycles. The lowest BCUT2D eigenvalue weighted by atomic mass is 10.3. The fourth-order valence-corrected chi connectivity index (χ4v) is 1.88. The smallest absolute Gasteiger partial charge is 0.191 e. The number of hydrogen-bond acceptors (Lipinski definition) is 3. The van der Waals surface area contributed by atoms with Gasteiger partial charge in [0.25, 0.3) is 0 Å². The maximum Gasteiger partial charge on any atom is 0.191 e. The van der Waals surface area contributed by atoms with Crippen LogP contribution in [0.3, 0.4) is 0 Å². The van der Waals surface area contributed by atoms with Gasteiger partial charge in [-0.2, -0.15) is 5.10 Å². The molecule has 2 rings (SSSR count). The number of nitrogens with one attached hydrogen (secondary N) is 2. The molecule has 0 unspecified atom stereocenters. The number of rotatable bonds is 3. The fourth-order valence-electron chi connectivity index (χ4n) is 1.26. The first-order valence-corrected chi connectivity index (χ1v) is 6.40. The third kappa shape index (κ3) is 4.24. The molecule has 0 atom stereocenters. The van der Waals surface area contributed by atoms with E-state index in [1.54, 1.807) is 36.6 Å². The summed E-state index contributed by atoms with van der Waals surface area (Å²) in [5.41, 5.74) is 3.30. The summed E-state index contributed by atoms with van der Waals surface area (Å²) in [5.74, 6) is 0.625. The van der Waals surface area contributed by atoms with Crippen LogP contribution >= 0.6 is 35.4 Å². The highest BCUT2D eigenvalue weighted by molar-refractivity contribution is 7.80. The van der Waals surface area contributed by atoms with Crippen LogP contribution in [-0.2, 0) is 0 Å². The van der Waals surface area contributed by atoms with Crippen molar-refractivity contribution in [3.8, 4) is 0 Å². The fraction of sp³-hybridized carbons (Fsp3) is 0. The van der Waals surface area contributed by atoms with Crippen molar-refractivity contribution in [2.24, 2.45) is 5.10 Å². The lowest BCUT2D eigenvalue weighted by molar-refractivity contribution is 0.560. The van der Waals surface area contributed by atoms with Crippen molar-refractivity contribution in [1.82, 2.24) is 5.43 Å². The summed E-state index contributed by atoms with van der Waals surface area (Å²) >= 11 is 16.9. The zero-order valence-electron chi connectivity index (χ0n) is 9.56. The minimum absolute atomic E-state index is 0.312. The highest BCUT2D eigenvalue weighted by Gasteiger charge is 2.02. The number of halogens is 2. The highest BCUT2D eigenvalue weighted by Crippen LogP contribution is 2.25. The van der Waals surface area contributed by atoms with Crippen molar-refractivity contribution in [2.75, 3.05) is 5.32 Å². The average molecular weight is 314 g/mol. The largest absolute Gasteiger partial charge is 0.463 e. The zero-order chi connectivity index (χ0) is 13.7. The number of furan rings is 1. The normalized spacial score (nSPS) is 10.6. The molecule has 1 heterocycles. The first-order chi connectivity index (χ1) is 9.15. The lowest BCUT2D eigenvalue weighted by Gasteiger charge is -2.08. The average Bonchev–Trinajstić information content (AvgIpc) is 2.86. The molecule has 1 aromatic heterocycles. The molecular formula is C12H9Cl2N3OS. The van der Waals surface area contributed by atoms with Gasteiger partial charge in [0.05, 0.1) is 23.2 Å². The molecule has 0 aliphatic rings. The van der Waals surface area contributed by atoms with E-state index in [1.807, 2.05) is 0 Å². The first kappa shape index (κ1) is 13.9. The van der Waals surface area contributed by atoms with Crippen LogP contribution < -0.4 is 10.7 Å². The minimum atomic E-state index is 0.312. The molecule has 4 nitrogen and oxygen atoms in total. The van der Waals surface area contributed by atoms with E-state index in [2.05, 4.69) is 15.8 Å². The molecule has 0 radical (unpaired) electrons. The van der Waals surface area contributed by atoms with Crippen molar-refractivity contribution < 1.29 is 4.42 Å². The predicted octanol–water partition coefficient (Wildman–Crippen LogP) is 3.91. The Bertz CT molecular complexity index is 599. The van der Waals surface area contributed by atoms with E-state index in [-0.39, 0.29) is 0 Å². The molecule has 7 heteroatoms.